The van der Waals surface area contributed by atoms with Gasteiger partial charge in [-0.2, -0.15) is 4.98 Å². The van der Waals surface area contributed by atoms with Crippen molar-refractivity contribution in [3.8, 4) is 6.01 Å². The van der Waals surface area contributed by atoms with Gasteiger partial charge in [0, 0.05) is 19.3 Å². The summed E-state index contributed by atoms with van der Waals surface area (Å²) in [4.78, 5) is 22.5. The molecule has 22 heavy (non-hydrogen) atoms. The molecule has 0 unspecified atom stereocenters. The SMILES string of the molecule is COc1nc2cccnc2n1C1CN(C(=O)OC(C)(C)C)C1. The van der Waals surface area contributed by atoms with E-state index in [1.165, 1.54) is 0 Å². The highest BCUT2D eigenvalue weighted by molar-refractivity contribution is 5.73. The lowest BCUT2D eigenvalue weighted by Crippen LogP contribution is -2.52. The molecule has 2 aromatic rings. The standard InChI is InChI=1S/C15H20N4O3/c1-15(2,3)22-14(20)18-8-10(9-18)19-12-11(6-5-7-16-12)17-13(19)21-4/h5-7,10H,8-9H2,1-4H3. The minimum atomic E-state index is -0.483. The Hall–Kier alpha value is -2.31. The molecule has 0 saturated carbocycles. The second kappa shape index (κ2) is 5.15. The van der Waals surface area contributed by atoms with Gasteiger partial charge in [0.15, 0.2) is 5.65 Å². The van der Waals surface area contributed by atoms with Gasteiger partial charge in [-0.1, -0.05) is 0 Å². The third-order valence-electron chi connectivity index (χ3n) is 3.48. The number of hydrogen-bond donors (Lipinski definition) is 0. The Morgan fingerprint density at radius 3 is 2.73 bits per heavy atom. The Labute approximate surface area is 128 Å². The lowest BCUT2D eigenvalue weighted by molar-refractivity contribution is 0.000631. The molecule has 0 N–H and O–H groups in total. The van der Waals surface area contributed by atoms with Crippen LogP contribution < -0.4 is 4.74 Å². The van der Waals surface area contributed by atoms with E-state index < -0.39 is 5.60 Å². The first-order valence-corrected chi connectivity index (χ1v) is 7.24. The third-order valence-corrected chi connectivity index (χ3v) is 3.48. The molecular formula is C15H20N4O3. The molecule has 0 bridgehead atoms. The molecule has 1 aliphatic heterocycles. The summed E-state index contributed by atoms with van der Waals surface area (Å²) in [6.07, 6.45) is 1.43. The van der Waals surface area contributed by atoms with Gasteiger partial charge in [-0.25, -0.2) is 9.78 Å². The number of carbonyl (C=O) groups is 1. The molecule has 7 heteroatoms. The van der Waals surface area contributed by atoms with Crippen LogP contribution in [0.2, 0.25) is 0 Å². The van der Waals surface area contributed by atoms with Gasteiger partial charge in [-0.15, -0.1) is 0 Å². The zero-order valence-corrected chi connectivity index (χ0v) is 13.2. The molecule has 2 aromatic heterocycles. The van der Waals surface area contributed by atoms with Crippen LogP contribution >= 0.6 is 0 Å². The van der Waals surface area contributed by atoms with E-state index in [4.69, 9.17) is 9.47 Å². The largest absolute Gasteiger partial charge is 0.468 e. The minimum absolute atomic E-state index is 0.0994. The lowest BCUT2D eigenvalue weighted by Gasteiger charge is -2.40. The summed E-state index contributed by atoms with van der Waals surface area (Å²) in [6, 6.07) is 4.35. The van der Waals surface area contributed by atoms with Crippen molar-refractivity contribution in [2.75, 3.05) is 20.2 Å². The summed E-state index contributed by atoms with van der Waals surface area (Å²) in [6.45, 7) is 6.70. The fourth-order valence-corrected chi connectivity index (χ4v) is 2.48. The molecule has 0 aromatic carbocycles. The monoisotopic (exact) mass is 304 g/mol. The van der Waals surface area contributed by atoms with Crippen LogP contribution in [0.1, 0.15) is 26.8 Å². The van der Waals surface area contributed by atoms with Crippen molar-refractivity contribution < 1.29 is 14.3 Å². The van der Waals surface area contributed by atoms with Gasteiger partial charge in [-0.3, -0.25) is 4.57 Å². The topological polar surface area (TPSA) is 69.5 Å². The maximum absolute atomic E-state index is 12.0. The van der Waals surface area contributed by atoms with E-state index in [9.17, 15) is 4.79 Å². The van der Waals surface area contributed by atoms with Gasteiger partial charge in [0.1, 0.15) is 11.1 Å². The molecule has 0 spiro atoms. The summed E-state index contributed by atoms with van der Waals surface area (Å²) >= 11 is 0. The van der Waals surface area contributed by atoms with Gasteiger partial charge < -0.3 is 14.4 Å². The number of rotatable bonds is 2. The quantitative estimate of drug-likeness (QED) is 0.851. The smallest absolute Gasteiger partial charge is 0.410 e. The number of methoxy groups -OCH3 is 1. The molecule has 1 amide bonds. The summed E-state index contributed by atoms with van der Waals surface area (Å²) in [5, 5.41) is 0. The number of amides is 1. The molecule has 0 radical (unpaired) electrons. The van der Waals surface area contributed by atoms with Crippen LogP contribution in [-0.4, -0.2) is 51.3 Å². The van der Waals surface area contributed by atoms with E-state index >= 15 is 0 Å². The second-order valence-electron chi connectivity index (χ2n) is 6.35. The third kappa shape index (κ3) is 2.58. The van der Waals surface area contributed by atoms with Crippen LogP contribution in [0.3, 0.4) is 0 Å². The van der Waals surface area contributed by atoms with Gasteiger partial charge >= 0.3 is 6.09 Å². The van der Waals surface area contributed by atoms with Crippen LogP contribution in [0.25, 0.3) is 11.2 Å². The van der Waals surface area contributed by atoms with Gasteiger partial charge in [0.25, 0.3) is 6.01 Å². The molecule has 3 heterocycles. The molecule has 1 fully saturated rings. The predicted molar refractivity (Wildman–Crippen MR) is 80.9 cm³/mol. The van der Waals surface area contributed by atoms with Crippen molar-refractivity contribution in [3.63, 3.8) is 0 Å². The van der Waals surface area contributed by atoms with Crippen molar-refractivity contribution >= 4 is 17.3 Å². The van der Waals surface area contributed by atoms with Crippen molar-refractivity contribution in [2.24, 2.45) is 0 Å². The number of imidazole rings is 1. The second-order valence-corrected chi connectivity index (χ2v) is 6.35. The summed E-state index contributed by atoms with van der Waals surface area (Å²) in [5.41, 5.74) is 1.08. The van der Waals surface area contributed by atoms with Crippen LogP contribution in [0.5, 0.6) is 6.01 Å². The molecule has 1 saturated heterocycles. The molecule has 118 valence electrons. The number of likely N-dealkylation sites (tertiary alicyclic amines) is 1. The number of nitrogens with zero attached hydrogens (tertiary/aromatic N) is 4. The van der Waals surface area contributed by atoms with Gasteiger partial charge in [0.2, 0.25) is 0 Å². The Kier molecular flexibility index (Phi) is 3.42. The molecule has 0 atom stereocenters. The van der Waals surface area contributed by atoms with E-state index in [0.29, 0.717) is 19.1 Å². The average molecular weight is 304 g/mol. The molecular weight excluding hydrogens is 284 g/mol. The molecule has 3 rings (SSSR count). The lowest BCUT2D eigenvalue weighted by atomic mass is 10.1. The Balaban J connectivity index is 1.77. The number of fused-ring (bicyclic) bond motifs is 1. The van der Waals surface area contributed by atoms with Crippen molar-refractivity contribution in [1.82, 2.24) is 19.4 Å². The number of carbonyl (C=O) groups excluding carboxylic acids is 1. The highest BCUT2D eigenvalue weighted by atomic mass is 16.6. The first-order chi connectivity index (χ1) is 10.4. The Bertz CT molecular complexity index is 698. The zero-order valence-electron chi connectivity index (χ0n) is 13.2. The van der Waals surface area contributed by atoms with Crippen molar-refractivity contribution in [2.45, 2.75) is 32.4 Å². The molecule has 7 nitrogen and oxygen atoms in total. The van der Waals surface area contributed by atoms with E-state index in [-0.39, 0.29) is 12.1 Å². The number of pyridine rings is 1. The van der Waals surface area contributed by atoms with Crippen molar-refractivity contribution in [1.29, 1.82) is 0 Å². The van der Waals surface area contributed by atoms with E-state index in [1.54, 1.807) is 18.2 Å². The molecule has 0 aliphatic carbocycles. The first-order valence-electron chi connectivity index (χ1n) is 7.24. The minimum Gasteiger partial charge on any atom is -0.468 e. The van der Waals surface area contributed by atoms with Gasteiger partial charge in [0.05, 0.1) is 13.2 Å². The summed E-state index contributed by atoms with van der Waals surface area (Å²) in [5.74, 6) is 0. The van der Waals surface area contributed by atoms with Crippen molar-refractivity contribution in [3.05, 3.63) is 18.3 Å². The highest BCUT2D eigenvalue weighted by Gasteiger charge is 2.37. The van der Waals surface area contributed by atoms with Crippen LogP contribution in [0, 0.1) is 0 Å². The maximum atomic E-state index is 12.0. The van der Waals surface area contributed by atoms with Crippen LogP contribution in [0.15, 0.2) is 18.3 Å². The first kappa shape index (κ1) is 14.6. The number of aromatic nitrogens is 3. The van der Waals surface area contributed by atoms with E-state index in [0.717, 1.165) is 11.2 Å². The Morgan fingerprint density at radius 2 is 2.09 bits per heavy atom. The zero-order chi connectivity index (χ0) is 15.9. The fraction of sp³-hybridized carbons (Fsp3) is 0.533. The average Bonchev–Trinajstić information content (AvgIpc) is 2.74. The summed E-state index contributed by atoms with van der Waals surface area (Å²) in [7, 11) is 1.59. The van der Waals surface area contributed by atoms with E-state index in [1.807, 2.05) is 37.5 Å². The van der Waals surface area contributed by atoms with Crippen LogP contribution in [0.4, 0.5) is 4.79 Å². The maximum Gasteiger partial charge on any atom is 0.410 e. The number of ether oxygens (including phenoxy) is 2. The van der Waals surface area contributed by atoms with Crippen LogP contribution in [-0.2, 0) is 4.74 Å². The Morgan fingerprint density at radius 1 is 1.36 bits per heavy atom. The predicted octanol–water partition coefficient (Wildman–Crippen LogP) is 2.23. The molecule has 1 aliphatic rings. The van der Waals surface area contributed by atoms with E-state index in [2.05, 4.69) is 9.97 Å². The highest BCUT2D eigenvalue weighted by Crippen LogP contribution is 2.31. The summed E-state index contributed by atoms with van der Waals surface area (Å²) < 4.78 is 12.6. The number of hydrogen-bond acceptors (Lipinski definition) is 5. The fourth-order valence-electron chi connectivity index (χ4n) is 2.48. The normalized spacial score (nSPS) is 15.7. The van der Waals surface area contributed by atoms with Gasteiger partial charge in [-0.05, 0) is 32.9 Å².